The first-order valence-corrected chi connectivity index (χ1v) is 8.59. The monoisotopic (exact) mass is 352 g/mol. The Morgan fingerprint density at radius 2 is 1.84 bits per heavy atom. The molecule has 0 spiro atoms. The van der Waals surface area contributed by atoms with Crippen LogP contribution in [0, 0.1) is 5.92 Å². The molecule has 4 rings (SSSR count). The van der Waals surface area contributed by atoms with Crippen molar-refractivity contribution in [2.45, 2.75) is 6.42 Å². The van der Waals surface area contributed by atoms with Gasteiger partial charge in [-0.3, -0.25) is 14.6 Å². The highest BCUT2D eigenvalue weighted by molar-refractivity contribution is 6.40. The summed E-state index contributed by atoms with van der Waals surface area (Å²) < 4.78 is 0. The first-order chi connectivity index (χ1) is 12.0. The normalized spacial score (nSPS) is 17.0. The van der Waals surface area contributed by atoms with Crippen molar-refractivity contribution in [3.63, 3.8) is 0 Å². The Morgan fingerprint density at radius 1 is 1.08 bits per heavy atom. The molecule has 1 atom stereocenters. The molecule has 126 valence electrons. The minimum absolute atomic E-state index is 0.0996. The van der Waals surface area contributed by atoms with E-state index in [-0.39, 0.29) is 11.6 Å². The molecule has 0 saturated carbocycles. The van der Waals surface area contributed by atoms with Crippen molar-refractivity contribution in [3.8, 4) is 0 Å². The molecule has 3 aromatic rings. The van der Waals surface area contributed by atoms with Gasteiger partial charge in [-0.15, -0.1) is 0 Å². The Bertz CT molecular complexity index is 1040. The first kappa shape index (κ1) is 16.2. The fourth-order valence-corrected chi connectivity index (χ4v) is 3.92. The molecule has 5 heteroatoms. The van der Waals surface area contributed by atoms with Crippen molar-refractivity contribution >= 4 is 44.7 Å². The van der Waals surface area contributed by atoms with Crippen LogP contribution in [0.5, 0.6) is 0 Å². The predicted molar refractivity (Wildman–Crippen MR) is 99.6 cm³/mol. The molecule has 0 radical (unpaired) electrons. The molecular weight excluding hydrogens is 336 g/mol. The Labute approximate surface area is 150 Å². The maximum Gasteiger partial charge on any atom is 0.175 e. The Balaban J connectivity index is 2.01. The molecule has 0 fully saturated rings. The molecule has 1 aromatic heterocycles. The van der Waals surface area contributed by atoms with E-state index < -0.39 is 5.92 Å². The molecule has 25 heavy (non-hydrogen) atoms. The van der Waals surface area contributed by atoms with Gasteiger partial charge in [0.25, 0.3) is 0 Å². The van der Waals surface area contributed by atoms with E-state index in [2.05, 4.69) is 4.98 Å². The number of hydrogen-bond acceptors (Lipinski definition) is 4. The Morgan fingerprint density at radius 3 is 2.60 bits per heavy atom. The predicted octanol–water partition coefficient (Wildman–Crippen LogP) is 3.99. The number of carbonyl (C=O) groups excluding carboxylic acids is 2. The van der Waals surface area contributed by atoms with Crippen LogP contribution in [-0.4, -0.2) is 42.1 Å². The summed E-state index contributed by atoms with van der Waals surface area (Å²) in [6.45, 7) is 0.681. The summed E-state index contributed by atoms with van der Waals surface area (Å²) >= 11 is 6.38. The molecule has 1 unspecified atom stereocenters. The summed E-state index contributed by atoms with van der Waals surface area (Å²) in [5.41, 5.74) is 1.13. The molecule has 0 aliphatic heterocycles. The topological polar surface area (TPSA) is 50.3 Å². The molecule has 0 saturated heterocycles. The highest BCUT2D eigenvalue weighted by atomic mass is 35.5. The first-order valence-electron chi connectivity index (χ1n) is 8.21. The number of fused-ring (bicyclic) bond motifs is 2. The van der Waals surface area contributed by atoms with Crippen molar-refractivity contribution in [1.82, 2.24) is 9.88 Å². The number of rotatable bonds is 3. The molecule has 1 heterocycles. The number of pyridine rings is 1. The molecule has 0 N–H and O–H groups in total. The number of Topliss-reactive ketones (excluding diaryl/α,β-unsaturated/α-hetero) is 2. The molecule has 0 amide bonds. The van der Waals surface area contributed by atoms with Crippen molar-refractivity contribution in [2.75, 3.05) is 20.6 Å². The molecule has 1 aliphatic carbocycles. The van der Waals surface area contributed by atoms with E-state index in [1.54, 1.807) is 12.4 Å². The lowest BCUT2D eigenvalue weighted by atomic mass is 9.78. The number of hydrogen-bond donors (Lipinski definition) is 0. The van der Waals surface area contributed by atoms with E-state index >= 15 is 0 Å². The lowest BCUT2D eigenvalue weighted by molar-refractivity contribution is 0.0788. The molecule has 2 aromatic carbocycles. The van der Waals surface area contributed by atoms with Crippen molar-refractivity contribution < 1.29 is 9.59 Å². The highest BCUT2D eigenvalue weighted by Crippen LogP contribution is 2.39. The summed E-state index contributed by atoms with van der Waals surface area (Å²) in [5.74, 6) is -0.875. The number of benzene rings is 2. The van der Waals surface area contributed by atoms with Crippen LogP contribution >= 0.6 is 11.6 Å². The maximum atomic E-state index is 13.1. The number of nitrogens with zero attached hydrogens (tertiary/aromatic N) is 2. The van der Waals surface area contributed by atoms with Crippen LogP contribution in [0.15, 0.2) is 36.7 Å². The van der Waals surface area contributed by atoms with E-state index in [9.17, 15) is 9.59 Å². The SMILES string of the molecule is CN(C)CCC1C(=O)c2cncc3c2c(cc2cccc(Cl)c23)C1=O. The lowest BCUT2D eigenvalue weighted by Crippen LogP contribution is -2.32. The van der Waals surface area contributed by atoms with Gasteiger partial charge in [-0.2, -0.15) is 0 Å². The van der Waals surface area contributed by atoms with Crippen LogP contribution < -0.4 is 0 Å². The Kier molecular flexibility index (Phi) is 3.82. The Hall–Kier alpha value is -2.30. The van der Waals surface area contributed by atoms with E-state index in [0.717, 1.165) is 16.2 Å². The summed E-state index contributed by atoms with van der Waals surface area (Å²) in [7, 11) is 3.87. The smallest absolute Gasteiger partial charge is 0.175 e. The second-order valence-electron chi connectivity index (χ2n) is 6.74. The van der Waals surface area contributed by atoms with E-state index in [1.807, 2.05) is 43.3 Å². The average Bonchev–Trinajstić information content (AvgIpc) is 2.59. The summed E-state index contributed by atoms with van der Waals surface area (Å²) in [5, 5.41) is 3.78. The van der Waals surface area contributed by atoms with Crippen LogP contribution in [0.3, 0.4) is 0 Å². The zero-order valence-electron chi connectivity index (χ0n) is 14.0. The van der Waals surface area contributed by atoms with Gasteiger partial charge in [0, 0.05) is 44.7 Å². The van der Waals surface area contributed by atoms with Gasteiger partial charge in [0.05, 0.1) is 5.92 Å². The van der Waals surface area contributed by atoms with E-state index in [0.29, 0.717) is 34.5 Å². The second-order valence-corrected chi connectivity index (χ2v) is 7.15. The van der Waals surface area contributed by atoms with Gasteiger partial charge < -0.3 is 4.90 Å². The van der Waals surface area contributed by atoms with Gasteiger partial charge in [0.2, 0.25) is 0 Å². The van der Waals surface area contributed by atoms with Crippen LogP contribution in [0.2, 0.25) is 5.02 Å². The third kappa shape index (κ3) is 2.44. The standard InChI is InChI=1S/C20H17ClN2O2/c1-23(2)7-6-12-19(24)13-8-11-4-3-5-16(21)17(11)14-9-22-10-15(18(13)14)20(12)25/h3-5,8-10,12H,6-7H2,1-2H3. The van der Waals surface area contributed by atoms with Crippen molar-refractivity contribution in [1.29, 1.82) is 0 Å². The summed E-state index contributed by atoms with van der Waals surface area (Å²) in [6.07, 6.45) is 3.78. The summed E-state index contributed by atoms with van der Waals surface area (Å²) in [6, 6.07) is 7.47. The van der Waals surface area contributed by atoms with Gasteiger partial charge in [-0.05, 0) is 44.6 Å². The zero-order chi connectivity index (χ0) is 17.7. The average molecular weight is 353 g/mol. The third-order valence-electron chi connectivity index (χ3n) is 4.86. The van der Waals surface area contributed by atoms with Gasteiger partial charge in [0.1, 0.15) is 0 Å². The fraction of sp³-hybridized carbons (Fsp3) is 0.250. The van der Waals surface area contributed by atoms with Crippen LogP contribution in [0.1, 0.15) is 27.1 Å². The van der Waals surface area contributed by atoms with Crippen molar-refractivity contribution in [3.05, 3.63) is 52.8 Å². The van der Waals surface area contributed by atoms with Gasteiger partial charge in [-0.1, -0.05) is 23.7 Å². The largest absolute Gasteiger partial charge is 0.309 e. The van der Waals surface area contributed by atoms with Gasteiger partial charge in [0.15, 0.2) is 11.6 Å². The highest BCUT2D eigenvalue weighted by Gasteiger charge is 2.36. The van der Waals surface area contributed by atoms with Gasteiger partial charge >= 0.3 is 0 Å². The van der Waals surface area contributed by atoms with E-state index in [4.69, 9.17) is 11.6 Å². The molecule has 4 nitrogen and oxygen atoms in total. The minimum Gasteiger partial charge on any atom is -0.309 e. The van der Waals surface area contributed by atoms with Crippen molar-refractivity contribution in [2.24, 2.45) is 5.92 Å². The number of ketones is 2. The molecule has 1 aliphatic rings. The fourth-order valence-electron chi connectivity index (χ4n) is 3.64. The zero-order valence-corrected chi connectivity index (χ0v) is 14.8. The van der Waals surface area contributed by atoms with Gasteiger partial charge in [-0.25, -0.2) is 0 Å². The number of aromatic nitrogens is 1. The van der Waals surface area contributed by atoms with Crippen LogP contribution in [0.25, 0.3) is 21.5 Å². The van der Waals surface area contributed by atoms with Crippen LogP contribution in [0.4, 0.5) is 0 Å². The summed E-state index contributed by atoms with van der Waals surface area (Å²) in [4.78, 5) is 32.2. The quantitative estimate of drug-likeness (QED) is 0.528. The lowest BCUT2D eigenvalue weighted by Gasteiger charge is -2.24. The molecular formula is C20H17ClN2O2. The number of carbonyl (C=O) groups is 2. The van der Waals surface area contributed by atoms with E-state index in [1.165, 1.54) is 0 Å². The number of halogens is 1. The molecule has 0 bridgehead atoms. The minimum atomic E-state index is -0.640. The second kappa shape index (κ2) is 5.90. The third-order valence-corrected chi connectivity index (χ3v) is 5.17. The van der Waals surface area contributed by atoms with Crippen LogP contribution in [-0.2, 0) is 0 Å². The maximum absolute atomic E-state index is 13.1.